The molecule has 0 atom stereocenters. The van der Waals surface area contributed by atoms with Gasteiger partial charge in [-0.15, -0.1) is 0 Å². The average molecular weight is 871 g/mol. The molecule has 68 heavy (non-hydrogen) atoms. The predicted octanol–water partition coefficient (Wildman–Crippen LogP) is 18.3. The van der Waals surface area contributed by atoms with Crippen molar-refractivity contribution in [2.24, 2.45) is 0 Å². The summed E-state index contributed by atoms with van der Waals surface area (Å²) in [6.45, 7) is 4.73. The maximum atomic E-state index is 6.92. The van der Waals surface area contributed by atoms with E-state index in [0.29, 0.717) is 0 Å². The van der Waals surface area contributed by atoms with Crippen LogP contribution in [0.25, 0.3) is 66.1 Å². The average Bonchev–Trinajstić information content (AvgIpc) is 3.62. The maximum Gasteiger partial charge on any atom is 0.135 e. The molecule has 11 aromatic rings. The van der Waals surface area contributed by atoms with Gasteiger partial charge in [-0.05, 0) is 158 Å². The Morgan fingerprint density at radius 3 is 1.59 bits per heavy atom. The molecule has 322 valence electrons. The fourth-order valence-electron chi connectivity index (χ4n) is 10.9. The Balaban J connectivity index is 0.867. The summed E-state index contributed by atoms with van der Waals surface area (Å²) in [4.78, 5) is 4.73. The third-order valence-electron chi connectivity index (χ3n) is 14.2. The Hall–Kier alpha value is -8.66. The summed E-state index contributed by atoms with van der Waals surface area (Å²) >= 11 is 0. The van der Waals surface area contributed by atoms with E-state index in [0.717, 1.165) is 62.1 Å². The summed E-state index contributed by atoms with van der Waals surface area (Å²) in [6, 6.07) is 87.8. The van der Waals surface area contributed by atoms with Crippen molar-refractivity contribution in [3.63, 3.8) is 0 Å². The number of benzene rings is 11. The summed E-state index contributed by atoms with van der Waals surface area (Å²) in [5, 5.41) is 4.69. The van der Waals surface area contributed by atoms with E-state index in [2.05, 4.69) is 266 Å². The Morgan fingerprint density at radius 1 is 0.324 bits per heavy atom. The highest BCUT2D eigenvalue weighted by Gasteiger charge is 2.36. The van der Waals surface area contributed by atoms with Crippen molar-refractivity contribution < 1.29 is 4.74 Å². The molecule has 0 bridgehead atoms. The molecule has 1 aliphatic heterocycles. The zero-order chi connectivity index (χ0) is 45.3. The quantitative estimate of drug-likeness (QED) is 0.142. The van der Waals surface area contributed by atoms with Crippen LogP contribution in [0.15, 0.2) is 243 Å². The number of hydrogen-bond donors (Lipinski definition) is 0. The highest BCUT2D eigenvalue weighted by Crippen LogP contribution is 2.54. The zero-order valence-electron chi connectivity index (χ0n) is 37.9. The van der Waals surface area contributed by atoms with Crippen LogP contribution in [0.4, 0.5) is 34.1 Å². The molecule has 0 fully saturated rings. The Bertz CT molecular complexity index is 3690. The molecule has 0 N–H and O–H groups in total. The van der Waals surface area contributed by atoms with E-state index < -0.39 is 0 Å². The van der Waals surface area contributed by atoms with E-state index >= 15 is 0 Å². The molecule has 1 heterocycles. The monoisotopic (exact) mass is 870 g/mol. The predicted molar refractivity (Wildman–Crippen MR) is 285 cm³/mol. The second-order valence-corrected chi connectivity index (χ2v) is 18.5. The highest BCUT2D eigenvalue weighted by atomic mass is 16.5. The number of hydrogen-bond acceptors (Lipinski definition) is 3. The summed E-state index contributed by atoms with van der Waals surface area (Å²) < 4.78 is 6.92. The molecule has 3 heteroatoms. The molecule has 0 amide bonds. The maximum absolute atomic E-state index is 6.92. The van der Waals surface area contributed by atoms with Crippen molar-refractivity contribution >= 4 is 55.7 Å². The topological polar surface area (TPSA) is 15.7 Å². The van der Waals surface area contributed by atoms with Gasteiger partial charge in [0, 0.05) is 50.4 Å². The fraction of sp³-hybridized carbons (Fsp3) is 0.0462. The Morgan fingerprint density at radius 2 is 0.882 bits per heavy atom. The molecule has 0 saturated heterocycles. The number of anilines is 6. The van der Waals surface area contributed by atoms with E-state index in [1.165, 1.54) is 60.7 Å². The SMILES string of the molecule is CC1(C)c2cc(-c3ccc4c(c3)Oc3cccc5c3c-4cc3ccc(N(c4ccccc4)c4ccccc4-c4ccccc4)cc35)ccc2-c2ccc(N(c3ccccc3)c3ccccc3)cc21. The van der Waals surface area contributed by atoms with Gasteiger partial charge in [-0.1, -0.05) is 159 Å². The molecule has 0 saturated carbocycles. The first-order valence-corrected chi connectivity index (χ1v) is 23.5. The van der Waals surface area contributed by atoms with E-state index in [4.69, 9.17) is 4.74 Å². The molecule has 0 spiro atoms. The van der Waals surface area contributed by atoms with Crippen LogP contribution >= 0.6 is 0 Å². The van der Waals surface area contributed by atoms with Crippen LogP contribution in [0.1, 0.15) is 25.0 Å². The fourth-order valence-corrected chi connectivity index (χ4v) is 10.9. The molecule has 0 unspecified atom stereocenters. The Kier molecular flexibility index (Phi) is 9.19. The molecular formula is C65H46N2O. The summed E-state index contributed by atoms with van der Waals surface area (Å²) in [5.74, 6) is 1.76. The molecule has 13 rings (SSSR count). The largest absolute Gasteiger partial charge is 0.456 e. The van der Waals surface area contributed by atoms with E-state index in [1.807, 2.05) is 0 Å². The van der Waals surface area contributed by atoms with Crippen molar-refractivity contribution in [2.75, 3.05) is 9.80 Å². The van der Waals surface area contributed by atoms with E-state index in [1.54, 1.807) is 0 Å². The second kappa shape index (κ2) is 15.8. The van der Waals surface area contributed by atoms with Gasteiger partial charge in [0.25, 0.3) is 0 Å². The van der Waals surface area contributed by atoms with Crippen LogP contribution in [0.2, 0.25) is 0 Å². The molecule has 11 aromatic carbocycles. The molecule has 1 aliphatic carbocycles. The number of rotatable bonds is 8. The van der Waals surface area contributed by atoms with Crippen LogP contribution in [0.3, 0.4) is 0 Å². The first-order chi connectivity index (χ1) is 33.5. The molecule has 0 aromatic heterocycles. The van der Waals surface area contributed by atoms with Gasteiger partial charge in [-0.25, -0.2) is 0 Å². The molecule has 0 radical (unpaired) electrons. The van der Waals surface area contributed by atoms with Crippen LogP contribution in [-0.4, -0.2) is 0 Å². The lowest BCUT2D eigenvalue weighted by Crippen LogP contribution is -2.16. The zero-order valence-corrected chi connectivity index (χ0v) is 37.9. The van der Waals surface area contributed by atoms with Crippen LogP contribution in [-0.2, 0) is 5.41 Å². The van der Waals surface area contributed by atoms with Crippen molar-refractivity contribution in [2.45, 2.75) is 19.3 Å². The third kappa shape index (κ3) is 6.42. The van der Waals surface area contributed by atoms with Crippen molar-refractivity contribution in [1.82, 2.24) is 0 Å². The van der Waals surface area contributed by atoms with Gasteiger partial charge >= 0.3 is 0 Å². The normalized spacial score (nSPS) is 12.8. The smallest absolute Gasteiger partial charge is 0.135 e. The summed E-state index contributed by atoms with van der Waals surface area (Å²) in [7, 11) is 0. The first-order valence-electron chi connectivity index (χ1n) is 23.5. The van der Waals surface area contributed by atoms with Gasteiger partial charge in [0.1, 0.15) is 11.5 Å². The lowest BCUT2D eigenvalue weighted by molar-refractivity contribution is 0.487. The third-order valence-corrected chi connectivity index (χ3v) is 14.2. The van der Waals surface area contributed by atoms with E-state index in [-0.39, 0.29) is 5.41 Å². The van der Waals surface area contributed by atoms with Gasteiger partial charge in [0.2, 0.25) is 0 Å². The van der Waals surface area contributed by atoms with Crippen LogP contribution in [0.5, 0.6) is 11.5 Å². The second-order valence-electron chi connectivity index (χ2n) is 18.5. The van der Waals surface area contributed by atoms with E-state index in [9.17, 15) is 0 Å². The Labute approximate surface area is 397 Å². The van der Waals surface area contributed by atoms with Gasteiger partial charge in [0.15, 0.2) is 0 Å². The molecular weight excluding hydrogens is 825 g/mol. The van der Waals surface area contributed by atoms with Crippen LogP contribution < -0.4 is 14.5 Å². The van der Waals surface area contributed by atoms with Gasteiger partial charge in [-0.3, -0.25) is 0 Å². The van der Waals surface area contributed by atoms with Crippen molar-refractivity contribution in [3.8, 4) is 56.0 Å². The number of nitrogens with zero attached hydrogens (tertiary/aromatic N) is 2. The van der Waals surface area contributed by atoms with Gasteiger partial charge in [0.05, 0.1) is 5.69 Å². The van der Waals surface area contributed by atoms with Crippen LogP contribution in [0, 0.1) is 0 Å². The van der Waals surface area contributed by atoms with Crippen molar-refractivity contribution in [3.05, 3.63) is 254 Å². The lowest BCUT2D eigenvalue weighted by Gasteiger charge is -2.28. The number of para-hydroxylation sites is 4. The van der Waals surface area contributed by atoms with Gasteiger partial charge < -0.3 is 14.5 Å². The standard InChI is InChI=1S/C65H46N2O/c1-65(2)59-39-44(31-35-53(59)54-37-34-51(42-60(54)65)66(47-20-9-4-10-21-47)48-22-11-5-12-23-48)45-32-36-55-58-38-46-30-33-50(41-57(46)56-27-17-29-62(64(56)58)68-63(55)40-45)67(49-24-13-6-14-25-49)61-28-16-15-26-52(61)43-18-7-3-8-19-43/h3-42H,1-2H3. The highest BCUT2D eigenvalue weighted by molar-refractivity contribution is 6.18. The first kappa shape index (κ1) is 39.7. The minimum atomic E-state index is -0.209. The summed E-state index contributed by atoms with van der Waals surface area (Å²) in [6.07, 6.45) is 0. The number of ether oxygens (including phenoxy) is 1. The summed E-state index contributed by atoms with van der Waals surface area (Å²) in [5.41, 5.74) is 18.8. The minimum Gasteiger partial charge on any atom is -0.456 e. The minimum absolute atomic E-state index is 0.209. The number of fused-ring (bicyclic) bond motifs is 7. The van der Waals surface area contributed by atoms with Gasteiger partial charge in [-0.2, -0.15) is 0 Å². The molecule has 2 aliphatic rings. The molecule has 3 nitrogen and oxygen atoms in total. The van der Waals surface area contributed by atoms with Crippen molar-refractivity contribution in [1.29, 1.82) is 0 Å². The lowest BCUT2D eigenvalue weighted by atomic mass is 9.81.